The van der Waals surface area contributed by atoms with Crippen LogP contribution in [0.1, 0.15) is 38.4 Å². The number of fused-ring (bicyclic) bond motifs is 1. The Bertz CT molecular complexity index is 981. The van der Waals surface area contributed by atoms with Crippen molar-refractivity contribution in [2.24, 2.45) is 0 Å². The van der Waals surface area contributed by atoms with Gasteiger partial charge in [0.15, 0.2) is 5.78 Å². The Balaban J connectivity index is 1.67. The second-order valence-electron chi connectivity index (χ2n) is 6.56. The van der Waals surface area contributed by atoms with Crippen molar-refractivity contribution in [3.05, 3.63) is 93.8 Å². The molecule has 1 heterocycles. The molecule has 1 aliphatic carbocycles. The molecule has 4 rings (SSSR count). The number of aryl methyl sites for hydroxylation is 1. The number of Topliss-reactive ketones (excluding diaryl/α,β-unsaturated/α-hetero) is 1. The number of carbonyl (C=O) groups excluding carboxylic acids is 1. The molecule has 25 heavy (non-hydrogen) atoms. The third-order valence-electron chi connectivity index (χ3n) is 4.87. The molecule has 0 bridgehead atoms. The second-order valence-corrected chi connectivity index (χ2v) is 6.56. The number of hydrogen-bond acceptors (Lipinski definition) is 2. The third-order valence-corrected chi connectivity index (χ3v) is 4.87. The SMILES string of the molecule is Cc1nn(Cc2ccccc2)c(C)c1/C=C1\Cc2ccccc2C1=O. The molecule has 1 aliphatic rings. The lowest BCUT2D eigenvalue weighted by atomic mass is 10.1. The summed E-state index contributed by atoms with van der Waals surface area (Å²) in [7, 11) is 0. The van der Waals surface area contributed by atoms with Crippen LogP contribution in [0, 0.1) is 13.8 Å². The molecule has 0 spiro atoms. The predicted octanol–water partition coefficient (Wildman–Crippen LogP) is 4.37. The van der Waals surface area contributed by atoms with Gasteiger partial charge in [-0.15, -0.1) is 0 Å². The van der Waals surface area contributed by atoms with E-state index in [0.29, 0.717) is 6.42 Å². The molecule has 3 heteroatoms. The summed E-state index contributed by atoms with van der Waals surface area (Å²) < 4.78 is 2.02. The fraction of sp³-hybridized carbons (Fsp3) is 0.182. The van der Waals surface area contributed by atoms with Gasteiger partial charge in [-0.3, -0.25) is 9.48 Å². The van der Waals surface area contributed by atoms with Crippen LogP contribution in [-0.4, -0.2) is 15.6 Å². The van der Waals surface area contributed by atoms with Crippen LogP contribution in [0.4, 0.5) is 0 Å². The van der Waals surface area contributed by atoms with E-state index in [1.54, 1.807) is 0 Å². The Morgan fingerprint density at radius 3 is 2.52 bits per heavy atom. The fourth-order valence-electron chi connectivity index (χ4n) is 3.48. The second kappa shape index (κ2) is 6.17. The molecule has 1 aromatic heterocycles. The summed E-state index contributed by atoms with van der Waals surface area (Å²) in [4.78, 5) is 12.6. The standard InChI is InChI=1S/C22H20N2O/c1-15-21(13-19-12-18-10-6-7-11-20(18)22(19)25)16(2)24(23-15)14-17-8-4-3-5-9-17/h3-11,13H,12,14H2,1-2H3/b19-13+. The minimum absolute atomic E-state index is 0.144. The zero-order valence-electron chi connectivity index (χ0n) is 14.5. The van der Waals surface area contributed by atoms with E-state index in [9.17, 15) is 4.79 Å². The maximum Gasteiger partial charge on any atom is 0.189 e. The molecule has 3 aromatic rings. The van der Waals surface area contributed by atoms with Crippen molar-refractivity contribution in [2.45, 2.75) is 26.8 Å². The molecule has 0 fully saturated rings. The summed E-state index contributed by atoms with van der Waals surface area (Å²) in [6.07, 6.45) is 2.74. The summed E-state index contributed by atoms with van der Waals surface area (Å²) in [5.74, 6) is 0.144. The largest absolute Gasteiger partial charge is 0.289 e. The number of rotatable bonds is 3. The Morgan fingerprint density at radius 2 is 1.76 bits per heavy atom. The molecule has 2 aromatic carbocycles. The summed E-state index contributed by atoms with van der Waals surface area (Å²) >= 11 is 0. The van der Waals surface area contributed by atoms with Gasteiger partial charge >= 0.3 is 0 Å². The van der Waals surface area contributed by atoms with Crippen LogP contribution in [0.3, 0.4) is 0 Å². The first kappa shape index (κ1) is 15.6. The van der Waals surface area contributed by atoms with Crippen molar-refractivity contribution >= 4 is 11.9 Å². The van der Waals surface area contributed by atoms with Gasteiger partial charge in [-0.25, -0.2) is 0 Å². The van der Waals surface area contributed by atoms with E-state index >= 15 is 0 Å². The van der Waals surface area contributed by atoms with Gasteiger partial charge < -0.3 is 0 Å². The molecule has 0 atom stereocenters. The van der Waals surface area contributed by atoms with E-state index in [4.69, 9.17) is 0 Å². The van der Waals surface area contributed by atoms with E-state index in [-0.39, 0.29) is 5.78 Å². The van der Waals surface area contributed by atoms with Crippen LogP contribution in [0.5, 0.6) is 0 Å². The fourth-order valence-corrected chi connectivity index (χ4v) is 3.48. The number of hydrogen-bond donors (Lipinski definition) is 0. The first-order valence-corrected chi connectivity index (χ1v) is 8.54. The average Bonchev–Trinajstić information content (AvgIpc) is 3.08. The van der Waals surface area contributed by atoms with E-state index in [1.165, 1.54) is 5.56 Å². The van der Waals surface area contributed by atoms with E-state index in [2.05, 4.69) is 24.2 Å². The smallest absolute Gasteiger partial charge is 0.189 e. The average molecular weight is 328 g/mol. The topological polar surface area (TPSA) is 34.9 Å². The van der Waals surface area contributed by atoms with Crippen molar-refractivity contribution in [3.8, 4) is 0 Å². The van der Waals surface area contributed by atoms with Crippen LogP contribution in [0.25, 0.3) is 6.08 Å². The lowest BCUT2D eigenvalue weighted by Crippen LogP contribution is -2.04. The molecule has 0 unspecified atom stereocenters. The zero-order valence-corrected chi connectivity index (χ0v) is 14.5. The molecule has 0 radical (unpaired) electrons. The van der Waals surface area contributed by atoms with Crippen molar-refractivity contribution in [1.29, 1.82) is 0 Å². The van der Waals surface area contributed by atoms with Gasteiger partial charge in [0.1, 0.15) is 0 Å². The maximum atomic E-state index is 12.6. The molecule has 0 saturated heterocycles. The highest BCUT2D eigenvalue weighted by Crippen LogP contribution is 2.29. The quantitative estimate of drug-likeness (QED) is 0.669. The number of nitrogens with zero attached hydrogens (tertiary/aromatic N) is 2. The van der Waals surface area contributed by atoms with Crippen molar-refractivity contribution in [3.63, 3.8) is 0 Å². The highest BCUT2D eigenvalue weighted by molar-refractivity contribution is 6.15. The van der Waals surface area contributed by atoms with E-state index in [0.717, 1.165) is 40.2 Å². The van der Waals surface area contributed by atoms with Crippen LogP contribution >= 0.6 is 0 Å². The van der Waals surface area contributed by atoms with Crippen LogP contribution < -0.4 is 0 Å². The first-order chi connectivity index (χ1) is 12.1. The highest BCUT2D eigenvalue weighted by Gasteiger charge is 2.25. The molecule has 0 saturated carbocycles. The Morgan fingerprint density at radius 1 is 1.04 bits per heavy atom. The number of allylic oxidation sites excluding steroid dienone is 1. The Hall–Kier alpha value is -2.94. The minimum Gasteiger partial charge on any atom is -0.289 e. The summed E-state index contributed by atoms with van der Waals surface area (Å²) in [5.41, 5.74) is 7.14. The first-order valence-electron chi connectivity index (χ1n) is 8.54. The highest BCUT2D eigenvalue weighted by atomic mass is 16.1. The van der Waals surface area contributed by atoms with Crippen molar-refractivity contribution < 1.29 is 4.79 Å². The van der Waals surface area contributed by atoms with Gasteiger partial charge in [-0.05, 0) is 31.1 Å². The normalized spacial score (nSPS) is 15.0. The number of carbonyl (C=O) groups is 1. The van der Waals surface area contributed by atoms with Gasteiger partial charge in [0.25, 0.3) is 0 Å². The molecule has 0 amide bonds. The summed E-state index contributed by atoms with van der Waals surface area (Å²) in [6.45, 7) is 4.82. The van der Waals surface area contributed by atoms with Gasteiger partial charge in [0.05, 0.1) is 12.2 Å². The van der Waals surface area contributed by atoms with Crippen LogP contribution in [-0.2, 0) is 13.0 Å². The zero-order chi connectivity index (χ0) is 17.4. The Labute approximate surface area is 147 Å². The lowest BCUT2D eigenvalue weighted by Gasteiger charge is -2.05. The van der Waals surface area contributed by atoms with Gasteiger partial charge in [-0.2, -0.15) is 5.10 Å². The number of aromatic nitrogens is 2. The minimum atomic E-state index is 0.144. The summed E-state index contributed by atoms with van der Waals surface area (Å²) in [5, 5.41) is 4.68. The maximum absolute atomic E-state index is 12.6. The molecule has 124 valence electrons. The molecular formula is C22H20N2O. The molecule has 0 N–H and O–H groups in total. The van der Waals surface area contributed by atoms with Gasteiger partial charge in [-0.1, -0.05) is 54.6 Å². The monoisotopic (exact) mass is 328 g/mol. The number of ketones is 1. The molecule has 0 aliphatic heterocycles. The molecule has 3 nitrogen and oxygen atoms in total. The van der Waals surface area contributed by atoms with Crippen LogP contribution in [0.15, 0.2) is 60.2 Å². The van der Waals surface area contributed by atoms with Crippen molar-refractivity contribution in [2.75, 3.05) is 0 Å². The van der Waals surface area contributed by atoms with E-state index in [1.807, 2.05) is 60.1 Å². The Kier molecular flexibility index (Phi) is 3.85. The number of benzene rings is 2. The van der Waals surface area contributed by atoms with Crippen LogP contribution in [0.2, 0.25) is 0 Å². The van der Waals surface area contributed by atoms with E-state index < -0.39 is 0 Å². The molecular weight excluding hydrogens is 308 g/mol. The van der Waals surface area contributed by atoms with Gasteiger partial charge in [0, 0.05) is 28.8 Å². The van der Waals surface area contributed by atoms with Gasteiger partial charge in [0.2, 0.25) is 0 Å². The predicted molar refractivity (Wildman–Crippen MR) is 99.7 cm³/mol. The summed E-state index contributed by atoms with van der Waals surface area (Å²) in [6, 6.07) is 18.2. The lowest BCUT2D eigenvalue weighted by molar-refractivity contribution is 0.104. The van der Waals surface area contributed by atoms with Crippen molar-refractivity contribution in [1.82, 2.24) is 9.78 Å². The third kappa shape index (κ3) is 2.82.